The molecule has 132 valence electrons. The van der Waals surface area contributed by atoms with Crippen LogP contribution in [-0.4, -0.2) is 9.97 Å². The molecule has 0 saturated heterocycles. The Kier molecular flexibility index (Phi) is 4.86. The summed E-state index contributed by atoms with van der Waals surface area (Å²) in [5.74, 6) is -0.266. The van der Waals surface area contributed by atoms with Crippen molar-refractivity contribution < 1.29 is 17.6 Å². The minimum Gasteiger partial charge on any atom is -0.364 e. The topological polar surface area (TPSA) is 61.6 Å². The highest BCUT2D eigenvalue weighted by Crippen LogP contribution is 2.32. The Bertz CT molecular complexity index is 975. The first-order valence-electron chi connectivity index (χ1n) is 7.30. The molecule has 26 heavy (non-hydrogen) atoms. The quantitative estimate of drug-likeness (QED) is 0.660. The Morgan fingerprint density at radius 2 is 1.88 bits per heavy atom. The maximum atomic E-state index is 13.8. The lowest BCUT2D eigenvalue weighted by molar-refractivity contribution is -0.138. The van der Waals surface area contributed by atoms with Crippen LogP contribution in [0.15, 0.2) is 41.8 Å². The second kappa shape index (κ2) is 7.09. The monoisotopic (exact) mass is 378 g/mol. The highest BCUT2D eigenvalue weighted by atomic mass is 32.1. The summed E-state index contributed by atoms with van der Waals surface area (Å²) >= 11 is 1.28. The van der Waals surface area contributed by atoms with Gasteiger partial charge in [0.05, 0.1) is 17.8 Å². The van der Waals surface area contributed by atoms with Gasteiger partial charge in [0, 0.05) is 10.9 Å². The number of pyridine rings is 1. The van der Waals surface area contributed by atoms with Crippen LogP contribution in [0.1, 0.15) is 16.3 Å². The number of nitrogens with one attached hydrogen (secondary N) is 1. The molecule has 0 aliphatic carbocycles. The average Bonchev–Trinajstić information content (AvgIpc) is 3.08. The molecular formula is C17H10F4N4S. The van der Waals surface area contributed by atoms with Crippen LogP contribution in [0.5, 0.6) is 0 Å². The van der Waals surface area contributed by atoms with E-state index in [-0.39, 0.29) is 18.2 Å². The third-order valence-corrected chi connectivity index (χ3v) is 4.28. The van der Waals surface area contributed by atoms with Gasteiger partial charge in [0.1, 0.15) is 22.7 Å². The number of rotatable bonds is 4. The number of thiazole rings is 1. The van der Waals surface area contributed by atoms with E-state index in [1.54, 1.807) is 23.6 Å². The smallest absolute Gasteiger partial charge is 0.364 e. The van der Waals surface area contributed by atoms with Gasteiger partial charge < -0.3 is 5.32 Å². The van der Waals surface area contributed by atoms with Crippen molar-refractivity contribution in [2.24, 2.45) is 0 Å². The number of benzene rings is 1. The predicted molar refractivity (Wildman–Crippen MR) is 88.8 cm³/mol. The van der Waals surface area contributed by atoms with Crippen LogP contribution in [0.3, 0.4) is 0 Å². The first kappa shape index (κ1) is 17.8. The predicted octanol–water partition coefficient (Wildman–Crippen LogP) is 4.85. The minimum atomic E-state index is -4.64. The van der Waals surface area contributed by atoms with E-state index in [0.717, 1.165) is 12.1 Å². The van der Waals surface area contributed by atoms with Crippen LogP contribution < -0.4 is 5.32 Å². The van der Waals surface area contributed by atoms with E-state index < -0.39 is 17.4 Å². The number of anilines is 1. The van der Waals surface area contributed by atoms with Crippen LogP contribution >= 0.6 is 11.3 Å². The van der Waals surface area contributed by atoms with Gasteiger partial charge in [0.25, 0.3) is 0 Å². The molecule has 0 amide bonds. The lowest BCUT2D eigenvalue weighted by atomic mass is 10.2. The van der Waals surface area contributed by atoms with E-state index in [0.29, 0.717) is 16.3 Å². The first-order chi connectivity index (χ1) is 12.4. The number of hydrogen-bond donors (Lipinski definition) is 1. The summed E-state index contributed by atoms with van der Waals surface area (Å²) in [5.41, 5.74) is -0.937. The van der Waals surface area contributed by atoms with Gasteiger partial charge in [-0.05, 0) is 24.3 Å². The van der Waals surface area contributed by atoms with Crippen molar-refractivity contribution in [3.8, 4) is 17.3 Å². The fourth-order valence-corrected chi connectivity index (χ4v) is 2.96. The van der Waals surface area contributed by atoms with Crippen molar-refractivity contribution >= 4 is 17.2 Å². The van der Waals surface area contributed by atoms with Gasteiger partial charge in [-0.1, -0.05) is 12.1 Å². The zero-order valence-corrected chi connectivity index (χ0v) is 13.8. The largest absolute Gasteiger partial charge is 0.419 e. The Morgan fingerprint density at radius 3 is 2.58 bits per heavy atom. The maximum absolute atomic E-state index is 13.8. The molecule has 0 radical (unpaired) electrons. The van der Waals surface area contributed by atoms with Crippen LogP contribution in [0.25, 0.3) is 11.3 Å². The van der Waals surface area contributed by atoms with Crippen LogP contribution in [0.4, 0.5) is 23.4 Å². The highest BCUT2D eigenvalue weighted by molar-refractivity contribution is 7.09. The molecule has 0 unspecified atom stereocenters. The Hall–Kier alpha value is -2.99. The third-order valence-electron chi connectivity index (χ3n) is 3.43. The normalized spacial score (nSPS) is 11.2. The summed E-state index contributed by atoms with van der Waals surface area (Å²) in [6.45, 7) is 0.183. The molecule has 3 rings (SSSR count). The van der Waals surface area contributed by atoms with Crippen molar-refractivity contribution in [2.45, 2.75) is 12.7 Å². The number of alkyl halides is 3. The van der Waals surface area contributed by atoms with Crippen LogP contribution in [0.2, 0.25) is 0 Å². The van der Waals surface area contributed by atoms with Gasteiger partial charge in [0.2, 0.25) is 0 Å². The van der Waals surface area contributed by atoms with Crippen molar-refractivity contribution in [2.75, 3.05) is 5.32 Å². The molecule has 1 N–H and O–H groups in total. The molecule has 0 aliphatic heterocycles. The molecule has 0 aliphatic rings. The maximum Gasteiger partial charge on any atom is 0.419 e. The van der Waals surface area contributed by atoms with Crippen molar-refractivity contribution in [3.05, 3.63) is 63.9 Å². The standard InChI is InChI=1S/C17H10F4N4S/c18-12-4-2-1-3-10(12)14-9-26-16(25-14)8-23-15-6-5-11(17(19,20)21)13(7-22)24-15/h1-6,9H,8H2,(H,23,24). The van der Waals surface area contributed by atoms with E-state index in [1.807, 2.05) is 0 Å². The van der Waals surface area contributed by atoms with Gasteiger partial charge in [-0.15, -0.1) is 11.3 Å². The van der Waals surface area contributed by atoms with Crippen molar-refractivity contribution in [1.82, 2.24) is 9.97 Å². The van der Waals surface area contributed by atoms with Gasteiger partial charge in [-0.2, -0.15) is 18.4 Å². The number of nitriles is 1. The summed E-state index contributed by atoms with van der Waals surface area (Å²) in [7, 11) is 0. The fraction of sp³-hybridized carbons (Fsp3) is 0.118. The Balaban J connectivity index is 1.74. The third kappa shape index (κ3) is 3.81. The summed E-state index contributed by atoms with van der Waals surface area (Å²) < 4.78 is 52.1. The van der Waals surface area contributed by atoms with Gasteiger partial charge in [-0.3, -0.25) is 0 Å². The lowest BCUT2D eigenvalue weighted by Gasteiger charge is -2.10. The summed E-state index contributed by atoms with van der Waals surface area (Å²) in [6, 6.07) is 9.63. The molecule has 0 spiro atoms. The van der Waals surface area contributed by atoms with E-state index in [4.69, 9.17) is 5.26 Å². The molecule has 3 aromatic rings. The molecule has 2 heterocycles. The molecule has 0 saturated carbocycles. The number of hydrogen-bond acceptors (Lipinski definition) is 5. The second-order valence-corrected chi connectivity index (χ2v) is 6.10. The van der Waals surface area contributed by atoms with Crippen LogP contribution in [-0.2, 0) is 12.7 Å². The summed E-state index contributed by atoms with van der Waals surface area (Å²) in [5, 5.41) is 14.0. The zero-order valence-electron chi connectivity index (χ0n) is 13.0. The highest BCUT2D eigenvalue weighted by Gasteiger charge is 2.34. The van der Waals surface area contributed by atoms with E-state index >= 15 is 0 Å². The number of halogens is 4. The summed E-state index contributed by atoms with van der Waals surface area (Å²) in [4.78, 5) is 7.98. The van der Waals surface area contributed by atoms with E-state index in [1.165, 1.54) is 23.5 Å². The Labute approximate surface area is 149 Å². The minimum absolute atomic E-state index is 0.122. The molecule has 0 atom stereocenters. The molecule has 9 heteroatoms. The van der Waals surface area contributed by atoms with Gasteiger partial charge >= 0.3 is 6.18 Å². The Morgan fingerprint density at radius 1 is 1.12 bits per heavy atom. The summed E-state index contributed by atoms with van der Waals surface area (Å²) in [6.07, 6.45) is -4.64. The molecule has 2 aromatic heterocycles. The van der Waals surface area contributed by atoms with Crippen molar-refractivity contribution in [1.29, 1.82) is 5.26 Å². The molecule has 0 fully saturated rings. The van der Waals surface area contributed by atoms with Gasteiger partial charge in [-0.25, -0.2) is 14.4 Å². The molecule has 0 bridgehead atoms. The lowest BCUT2D eigenvalue weighted by Crippen LogP contribution is -2.11. The fourth-order valence-electron chi connectivity index (χ4n) is 2.22. The van der Waals surface area contributed by atoms with E-state index in [2.05, 4.69) is 15.3 Å². The van der Waals surface area contributed by atoms with Crippen LogP contribution in [0, 0.1) is 17.1 Å². The molecule has 1 aromatic carbocycles. The zero-order chi connectivity index (χ0) is 18.7. The average molecular weight is 378 g/mol. The molecular weight excluding hydrogens is 368 g/mol. The first-order valence-corrected chi connectivity index (χ1v) is 8.18. The second-order valence-electron chi connectivity index (χ2n) is 5.16. The van der Waals surface area contributed by atoms with Gasteiger partial charge in [0.15, 0.2) is 5.69 Å². The SMILES string of the molecule is N#Cc1nc(NCc2nc(-c3ccccc3F)cs2)ccc1C(F)(F)F. The number of aromatic nitrogens is 2. The van der Waals surface area contributed by atoms with Crippen molar-refractivity contribution in [3.63, 3.8) is 0 Å². The van der Waals surface area contributed by atoms with E-state index in [9.17, 15) is 17.6 Å². The number of nitrogens with zero attached hydrogens (tertiary/aromatic N) is 3. The molecule has 4 nitrogen and oxygen atoms in total.